The summed E-state index contributed by atoms with van der Waals surface area (Å²) in [5.74, 6) is -1.84. The molecule has 0 saturated carbocycles. The van der Waals surface area contributed by atoms with Gasteiger partial charge >= 0.3 is 5.97 Å². The summed E-state index contributed by atoms with van der Waals surface area (Å²) >= 11 is 3.34. The van der Waals surface area contributed by atoms with E-state index in [9.17, 15) is 19.5 Å². The minimum absolute atomic E-state index is 0.00771. The third-order valence-electron chi connectivity index (χ3n) is 4.22. The Labute approximate surface area is 172 Å². The number of carbonyl (C=O) groups is 3. The number of amides is 2. The summed E-state index contributed by atoms with van der Waals surface area (Å²) in [6, 6.07) is 15.5. The predicted octanol–water partition coefficient (Wildman–Crippen LogP) is 3.22. The Kier molecular flexibility index (Phi) is 8.19. The molecule has 0 radical (unpaired) electrons. The zero-order valence-electron chi connectivity index (χ0n) is 15.5. The van der Waals surface area contributed by atoms with E-state index < -0.39 is 17.9 Å². The summed E-state index contributed by atoms with van der Waals surface area (Å²) in [6.45, 7) is 1.87. The highest BCUT2D eigenvalue weighted by atomic mass is 79.9. The Bertz CT molecular complexity index is 826. The Hall–Kier alpha value is -2.67. The van der Waals surface area contributed by atoms with Gasteiger partial charge in [-0.05, 0) is 30.2 Å². The van der Waals surface area contributed by atoms with Crippen LogP contribution in [0.1, 0.15) is 36.9 Å². The second kappa shape index (κ2) is 10.6. The van der Waals surface area contributed by atoms with Crippen molar-refractivity contribution in [3.8, 4) is 0 Å². The first-order chi connectivity index (χ1) is 13.3. The van der Waals surface area contributed by atoms with Gasteiger partial charge in [0.25, 0.3) is 0 Å². The van der Waals surface area contributed by atoms with E-state index in [4.69, 9.17) is 0 Å². The van der Waals surface area contributed by atoms with Crippen LogP contribution in [0.2, 0.25) is 0 Å². The van der Waals surface area contributed by atoms with E-state index in [-0.39, 0.29) is 31.2 Å². The molecule has 7 heteroatoms. The van der Waals surface area contributed by atoms with Crippen molar-refractivity contribution >= 4 is 33.7 Å². The van der Waals surface area contributed by atoms with Crippen molar-refractivity contribution in [3.05, 3.63) is 70.2 Å². The van der Waals surface area contributed by atoms with Gasteiger partial charge in [0, 0.05) is 23.7 Å². The predicted molar refractivity (Wildman–Crippen MR) is 110 cm³/mol. The van der Waals surface area contributed by atoms with Crippen molar-refractivity contribution in [3.63, 3.8) is 0 Å². The van der Waals surface area contributed by atoms with Crippen molar-refractivity contribution in [2.24, 2.45) is 0 Å². The van der Waals surface area contributed by atoms with Gasteiger partial charge in [0.05, 0.1) is 6.04 Å². The zero-order chi connectivity index (χ0) is 20.5. The molecule has 2 amide bonds. The lowest BCUT2D eigenvalue weighted by Gasteiger charge is -2.16. The smallest absolute Gasteiger partial charge is 0.326 e. The molecule has 2 aromatic carbocycles. The van der Waals surface area contributed by atoms with Gasteiger partial charge in [-0.15, -0.1) is 0 Å². The molecular formula is C21H23BrN2O4. The normalized spacial score (nSPS) is 12.6. The van der Waals surface area contributed by atoms with E-state index in [1.807, 2.05) is 43.3 Å². The molecule has 0 spiro atoms. The Morgan fingerprint density at radius 1 is 0.964 bits per heavy atom. The molecule has 2 aromatic rings. The number of aliphatic carboxylic acids is 1. The van der Waals surface area contributed by atoms with Gasteiger partial charge in [-0.1, -0.05) is 58.4 Å². The molecule has 2 atom stereocenters. The molecule has 2 rings (SSSR count). The number of benzene rings is 2. The number of carboxylic acid groups (broad SMARTS) is 1. The maximum absolute atomic E-state index is 12.1. The van der Waals surface area contributed by atoms with Crippen LogP contribution >= 0.6 is 15.9 Å². The van der Waals surface area contributed by atoms with E-state index in [0.29, 0.717) is 0 Å². The molecule has 3 N–H and O–H groups in total. The van der Waals surface area contributed by atoms with Crippen molar-refractivity contribution in [2.45, 2.75) is 38.3 Å². The van der Waals surface area contributed by atoms with E-state index in [0.717, 1.165) is 15.6 Å². The molecule has 148 valence electrons. The van der Waals surface area contributed by atoms with Crippen LogP contribution < -0.4 is 10.6 Å². The highest BCUT2D eigenvalue weighted by molar-refractivity contribution is 9.10. The Morgan fingerprint density at radius 2 is 1.61 bits per heavy atom. The first kappa shape index (κ1) is 21.6. The van der Waals surface area contributed by atoms with Crippen LogP contribution in [0.3, 0.4) is 0 Å². The fourth-order valence-electron chi connectivity index (χ4n) is 2.73. The zero-order valence-corrected chi connectivity index (χ0v) is 17.1. The molecule has 0 aliphatic rings. The minimum Gasteiger partial charge on any atom is -0.480 e. The number of carboxylic acids is 1. The summed E-state index contributed by atoms with van der Waals surface area (Å²) in [6.07, 6.45) is 0.0829. The van der Waals surface area contributed by atoms with Gasteiger partial charge in [-0.2, -0.15) is 0 Å². The maximum atomic E-state index is 12.1. The fraction of sp³-hybridized carbons (Fsp3) is 0.286. The lowest BCUT2D eigenvalue weighted by Crippen LogP contribution is -2.42. The lowest BCUT2D eigenvalue weighted by atomic mass is 10.1. The number of halogens is 1. The second-order valence-corrected chi connectivity index (χ2v) is 7.41. The first-order valence-corrected chi connectivity index (χ1v) is 9.75. The van der Waals surface area contributed by atoms with E-state index >= 15 is 0 Å². The summed E-state index contributed by atoms with van der Waals surface area (Å²) in [5.41, 5.74) is 1.76. The molecule has 28 heavy (non-hydrogen) atoms. The third-order valence-corrected chi connectivity index (χ3v) is 4.71. The molecule has 0 aromatic heterocycles. The van der Waals surface area contributed by atoms with Crippen LogP contribution in [0.15, 0.2) is 59.1 Å². The second-order valence-electron chi connectivity index (χ2n) is 6.49. The standard InChI is InChI=1S/C21H23BrN2O4/c1-14(16-7-3-2-4-8-16)23-19(25)10-11-20(26)24-18(21(27)28)13-15-6-5-9-17(22)12-15/h2-9,12,14,18H,10-11,13H2,1H3,(H,23,25)(H,24,26)(H,27,28)/t14-,18-/m1/s1. The average Bonchev–Trinajstić information content (AvgIpc) is 2.66. The van der Waals surface area contributed by atoms with Crippen LogP contribution in [0.4, 0.5) is 0 Å². The van der Waals surface area contributed by atoms with Crippen molar-refractivity contribution in [2.75, 3.05) is 0 Å². The van der Waals surface area contributed by atoms with Crippen molar-refractivity contribution in [1.29, 1.82) is 0 Å². The summed E-state index contributed by atoms with van der Waals surface area (Å²) in [7, 11) is 0. The first-order valence-electron chi connectivity index (χ1n) is 8.96. The number of hydrogen-bond donors (Lipinski definition) is 3. The van der Waals surface area contributed by atoms with Crippen LogP contribution in [-0.2, 0) is 20.8 Å². The van der Waals surface area contributed by atoms with E-state index in [2.05, 4.69) is 26.6 Å². The highest BCUT2D eigenvalue weighted by Crippen LogP contribution is 2.14. The van der Waals surface area contributed by atoms with Crippen LogP contribution in [0.25, 0.3) is 0 Å². The highest BCUT2D eigenvalue weighted by Gasteiger charge is 2.21. The van der Waals surface area contributed by atoms with Crippen LogP contribution in [-0.4, -0.2) is 28.9 Å². The average molecular weight is 447 g/mol. The number of nitrogens with one attached hydrogen (secondary N) is 2. The quantitative estimate of drug-likeness (QED) is 0.550. The molecule has 0 bridgehead atoms. The number of rotatable bonds is 9. The van der Waals surface area contributed by atoms with Gasteiger partial charge in [-0.25, -0.2) is 4.79 Å². The lowest BCUT2D eigenvalue weighted by molar-refractivity contribution is -0.141. The van der Waals surface area contributed by atoms with Gasteiger partial charge in [-0.3, -0.25) is 9.59 Å². The van der Waals surface area contributed by atoms with Gasteiger partial charge < -0.3 is 15.7 Å². The van der Waals surface area contributed by atoms with E-state index in [1.165, 1.54) is 0 Å². The summed E-state index contributed by atoms with van der Waals surface area (Å²) in [5, 5.41) is 14.7. The van der Waals surface area contributed by atoms with Gasteiger partial charge in [0.15, 0.2) is 0 Å². The molecule has 0 aliphatic carbocycles. The topological polar surface area (TPSA) is 95.5 Å². The monoisotopic (exact) mass is 446 g/mol. The number of hydrogen-bond acceptors (Lipinski definition) is 3. The molecular weight excluding hydrogens is 424 g/mol. The van der Waals surface area contributed by atoms with Gasteiger partial charge in [0.2, 0.25) is 11.8 Å². The third kappa shape index (κ3) is 7.15. The Balaban J connectivity index is 1.82. The van der Waals surface area contributed by atoms with Gasteiger partial charge in [0.1, 0.15) is 6.04 Å². The molecule has 0 saturated heterocycles. The van der Waals surface area contributed by atoms with Crippen molar-refractivity contribution in [1.82, 2.24) is 10.6 Å². The molecule has 0 fully saturated rings. The fourth-order valence-corrected chi connectivity index (χ4v) is 3.18. The van der Waals surface area contributed by atoms with Crippen LogP contribution in [0, 0.1) is 0 Å². The molecule has 0 heterocycles. The summed E-state index contributed by atoms with van der Waals surface area (Å²) < 4.78 is 0.838. The SMILES string of the molecule is C[C@@H](NC(=O)CCC(=O)N[C@H](Cc1cccc(Br)c1)C(=O)O)c1ccccc1. The van der Waals surface area contributed by atoms with Crippen LogP contribution in [0.5, 0.6) is 0 Å². The Morgan fingerprint density at radius 3 is 2.21 bits per heavy atom. The molecule has 0 aliphatic heterocycles. The summed E-state index contributed by atoms with van der Waals surface area (Å²) in [4.78, 5) is 35.6. The minimum atomic E-state index is -1.12. The van der Waals surface area contributed by atoms with Crippen molar-refractivity contribution < 1.29 is 19.5 Å². The largest absolute Gasteiger partial charge is 0.480 e. The number of carbonyl (C=O) groups excluding carboxylic acids is 2. The van der Waals surface area contributed by atoms with E-state index in [1.54, 1.807) is 18.2 Å². The maximum Gasteiger partial charge on any atom is 0.326 e. The molecule has 0 unspecified atom stereocenters. The molecule has 6 nitrogen and oxygen atoms in total.